The Hall–Kier alpha value is -0.820. The zero-order valence-electron chi connectivity index (χ0n) is 14.6. The topological polar surface area (TPSA) is 12.0 Å². The summed E-state index contributed by atoms with van der Waals surface area (Å²) < 4.78 is 0. The normalized spacial score (nSPS) is 24.8. The quantitative estimate of drug-likeness (QED) is 0.739. The molecule has 21 heavy (non-hydrogen) atoms. The average molecular weight is 287 g/mol. The highest BCUT2D eigenvalue weighted by Crippen LogP contribution is 2.40. The summed E-state index contributed by atoms with van der Waals surface area (Å²) >= 11 is 0. The molecule has 1 N–H and O–H groups in total. The Labute approximate surface area is 131 Å². The third kappa shape index (κ3) is 4.10. The van der Waals surface area contributed by atoms with Gasteiger partial charge in [0.2, 0.25) is 0 Å². The maximum absolute atomic E-state index is 3.87. The van der Waals surface area contributed by atoms with Crippen LogP contribution in [0.5, 0.6) is 0 Å². The van der Waals surface area contributed by atoms with Gasteiger partial charge in [0.15, 0.2) is 0 Å². The van der Waals surface area contributed by atoms with Crippen molar-refractivity contribution in [1.29, 1.82) is 0 Å². The molecule has 1 fully saturated rings. The molecule has 1 saturated carbocycles. The van der Waals surface area contributed by atoms with Crippen molar-refractivity contribution in [3.05, 3.63) is 35.4 Å². The summed E-state index contributed by atoms with van der Waals surface area (Å²) in [4.78, 5) is 0. The number of nitrogens with one attached hydrogen (secondary N) is 1. The van der Waals surface area contributed by atoms with E-state index in [-0.39, 0.29) is 0 Å². The molecule has 1 atom stereocenters. The minimum atomic E-state index is 0.465. The molecule has 0 heterocycles. The second-order valence-electron chi connectivity index (χ2n) is 7.64. The van der Waals surface area contributed by atoms with Gasteiger partial charge in [-0.25, -0.2) is 0 Å². The van der Waals surface area contributed by atoms with Gasteiger partial charge in [-0.3, -0.25) is 0 Å². The molecule has 0 spiro atoms. The average Bonchev–Trinajstić information content (AvgIpc) is 2.48. The van der Waals surface area contributed by atoms with Gasteiger partial charge in [0.25, 0.3) is 0 Å². The molecule has 2 rings (SSSR count). The van der Waals surface area contributed by atoms with Crippen molar-refractivity contribution in [2.24, 2.45) is 11.3 Å². The summed E-state index contributed by atoms with van der Waals surface area (Å²) in [6.45, 7) is 11.8. The van der Waals surface area contributed by atoms with Gasteiger partial charge >= 0.3 is 0 Å². The molecule has 1 aliphatic rings. The smallest absolute Gasteiger partial charge is 0.0296 e. The lowest BCUT2D eigenvalue weighted by molar-refractivity contribution is 0.134. The third-order valence-electron chi connectivity index (χ3n) is 5.88. The summed E-state index contributed by atoms with van der Waals surface area (Å²) in [6, 6.07) is 9.92. The molecule has 0 saturated heterocycles. The predicted molar refractivity (Wildman–Crippen MR) is 92.5 cm³/mol. The lowest BCUT2D eigenvalue weighted by atomic mass is 9.69. The second kappa shape index (κ2) is 6.96. The van der Waals surface area contributed by atoms with Crippen molar-refractivity contribution in [3.63, 3.8) is 0 Å². The highest BCUT2D eigenvalue weighted by molar-refractivity contribution is 5.28. The van der Waals surface area contributed by atoms with Crippen LogP contribution in [0.2, 0.25) is 0 Å². The highest BCUT2D eigenvalue weighted by atomic mass is 14.9. The molecule has 118 valence electrons. The van der Waals surface area contributed by atoms with Crippen molar-refractivity contribution in [1.82, 2.24) is 5.32 Å². The monoisotopic (exact) mass is 287 g/mol. The van der Waals surface area contributed by atoms with Crippen molar-refractivity contribution < 1.29 is 0 Å². The van der Waals surface area contributed by atoms with Crippen LogP contribution in [0, 0.1) is 18.3 Å². The van der Waals surface area contributed by atoms with Crippen LogP contribution in [-0.4, -0.2) is 6.04 Å². The molecule has 0 radical (unpaired) electrons. The van der Waals surface area contributed by atoms with E-state index >= 15 is 0 Å². The number of benzene rings is 1. The summed E-state index contributed by atoms with van der Waals surface area (Å²) in [5.74, 6) is 0.911. The Bertz CT molecular complexity index is 441. The molecule has 1 heteroatoms. The van der Waals surface area contributed by atoms with Crippen LogP contribution in [0.4, 0.5) is 0 Å². The Kier molecular flexibility index (Phi) is 5.48. The van der Waals surface area contributed by atoms with Crippen molar-refractivity contribution in [2.45, 2.75) is 78.8 Å². The van der Waals surface area contributed by atoms with Crippen LogP contribution in [0.25, 0.3) is 0 Å². The first-order valence-electron chi connectivity index (χ1n) is 8.75. The van der Waals surface area contributed by atoms with Crippen molar-refractivity contribution in [3.8, 4) is 0 Å². The van der Waals surface area contributed by atoms with E-state index in [0.717, 1.165) is 5.92 Å². The van der Waals surface area contributed by atoms with Gasteiger partial charge in [-0.2, -0.15) is 0 Å². The second-order valence-corrected chi connectivity index (χ2v) is 7.64. The largest absolute Gasteiger partial charge is 0.307 e. The molecule has 0 bridgehead atoms. The van der Waals surface area contributed by atoms with Gasteiger partial charge in [0.1, 0.15) is 0 Å². The Morgan fingerprint density at radius 2 is 1.76 bits per heavy atom. The van der Waals surface area contributed by atoms with Gasteiger partial charge in [0.05, 0.1) is 0 Å². The van der Waals surface area contributed by atoms with Crippen LogP contribution in [0.3, 0.4) is 0 Å². The van der Waals surface area contributed by atoms with E-state index in [2.05, 4.69) is 64.2 Å². The maximum atomic E-state index is 3.87. The highest BCUT2D eigenvalue weighted by Gasteiger charge is 2.32. The number of hydrogen-bond donors (Lipinski definition) is 1. The van der Waals surface area contributed by atoms with E-state index in [1.54, 1.807) is 0 Å². The van der Waals surface area contributed by atoms with Gasteiger partial charge < -0.3 is 5.32 Å². The van der Waals surface area contributed by atoms with Crippen molar-refractivity contribution in [2.75, 3.05) is 0 Å². The van der Waals surface area contributed by atoms with E-state index in [0.29, 0.717) is 17.5 Å². The van der Waals surface area contributed by atoms with E-state index in [9.17, 15) is 0 Å². The standard InChI is InChI=1S/C20H33N/c1-6-20(4,5)17-11-13-18(14-12-17)21-16(3)19-10-8-7-9-15(19)2/h7-10,16-18,21H,6,11-14H2,1-5H3/t16-,17?,18?/m0/s1. The lowest BCUT2D eigenvalue weighted by Crippen LogP contribution is -2.38. The van der Waals surface area contributed by atoms with Crippen LogP contribution >= 0.6 is 0 Å². The third-order valence-corrected chi connectivity index (χ3v) is 5.88. The number of aryl methyl sites for hydroxylation is 1. The molecular formula is C20H33N. The van der Waals surface area contributed by atoms with Gasteiger partial charge in [-0.1, -0.05) is 51.5 Å². The summed E-state index contributed by atoms with van der Waals surface area (Å²) in [5.41, 5.74) is 3.37. The number of rotatable bonds is 5. The predicted octanol–water partition coefficient (Wildman–Crippen LogP) is 5.64. The van der Waals surface area contributed by atoms with Gasteiger partial charge in [-0.15, -0.1) is 0 Å². The summed E-state index contributed by atoms with van der Waals surface area (Å²) in [6.07, 6.45) is 6.75. The SMILES string of the molecule is CCC(C)(C)C1CCC(N[C@@H](C)c2ccccc2C)CC1. The van der Waals surface area contributed by atoms with Crippen LogP contribution in [0.15, 0.2) is 24.3 Å². The first kappa shape index (κ1) is 16.5. The zero-order valence-corrected chi connectivity index (χ0v) is 14.6. The van der Waals surface area contributed by atoms with Crippen molar-refractivity contribution >= 4 is 0 Å². The van der Waals surface area contributed by atoms with Gasteiger partial charge in [-0.05, 0) is 62.0 Å². The maximum Gasteiger partial charge on any atom is 0.0296 e. The molecule has 0 unspecified atom stereocenters. The van der Waals surface area contributed by atoms with E-state index in [1.807, 2.05) is 0 Å². The molecule has 0 aromatic heterocycles. The minimum absolute atomic E-state index is 0.465. The molecule has 0 amide bonds. The molecule has 1 aliphatic carbocycles. The molecular weight excluding hydrogens is 254 g/mol. The summed E-state index contributed by atoms with van der Waals surface area (Å²) in [5, 5.41) is 3.87. The first-order chi connectivity index (χ1) is 9.94. The Morgan fingerprint density at radius 3 is 2.33 bits per heavy atom. The lowest BCUT2D eigenvalue weighted by Gasteiger charge is -2.39. The van der Waals surface area contributed by atoms with Crippen LogP contribution in [0.1, 0.15) is 77.0 Å². The van der Waals surface area contributed by atoms with E-state index < -0.39 is 0 Å². The molecule has 1 aromatic rings. The minimum Gasteiger partial charge on any atom is -0.307 e. The molecule has 0 aliphatic heterocycles. The van der Waals surface area contributed by atoms with E-state index in [4.69, 9.17) is 0 Å². The Balaban J connectivity index is 1.88. The number of hydrogen-bond acceptors (Lipinski definition) is 1. The molecule has 1 aromatic carbocycles. The summed E-state index contributed by atoms with van der Waals surface area (Å²) in [7, 11) is 0. The fraction of sp³-hybridized carbons (Fsp3) is 0.700. The first-order valence-corrected chi connectivity index (χ1v) is 8.75. The fourth-order valence-electron chi connectivity index (χ4n) is 3.85. The van der Waals surface area contributed by atoms with Crippen LogP contribution in [-0.2, 0) is 0 Å². The Morgan fingerprint density at radius 1 is 1.14 bits per heavy atom. The van der Waals surface area contributed by atoms with Crippen LogP contribution < -0.4 is 5.32 Å². The van der Waals surface area contributed by atoms with Gasteiger partial charge in [0, 0.05) is 12.1 Å². The van der Waals surface area contributed by atoms with E-state index in [1.165, 1.54) is 43.2 Å². The fourth-order valence-corrected chi connectivity index (χ4v) is 3.85. The zero-order chi connectivity index (χ0) is 15.5. The molecule has 1 nitrogen and oxygen atoms in total.